The molecule has 1 atom stereocenters. The highest BCUT2D eigenvalue weighted by Crippen LogP contribution is 2.40. The molecule has 1 saturated carbocycles. The highest BCUT2D eigenvalue weighted by Gasteiger charge is 2.30. The second kappa shape index (κ2) is 7.94. The average Bonchev–Trinajstić information content (AvgIpc) is 3.41. The van der Waals surface area contributed by atoms with E-state index in [0.29, 0.717) is 40.6 Å². The Morgan fingerprint density at radius 1 is 1.33 bits per heavy atom. The summed E-state index contributed by atoms with van der Waals surface area (Å²) in [7, 11) is 0. The van der Waals surface area contributed by atoms with E-state index in [4.69, 9.17) is 11.6 Å². The highest BCUT2D eigenvalue weighted by molar-refractivity contribution is 6.32. The van der Waals surface area contributed by atoms with Crippen LogP contribution in [-0.4, -0.2) is 39.2 Å². The molecule has 8 heteroatoms. The predicted molar refractivity (Wildman–Crippen MR) is 104 cm³/mol. The fourth-order valence-electron chi connectivity index (χ4n) is 3.80. The molecule has 0 bridgehead atoms. The monoisotopic (exact) mass is 388 g/mol. The van der Waals surface area contributed by atoms with E-state index in [1.54, 1.807) is 10.7 Å². The van der Waals surface area contributed by atoms with Crippen molar-refractivity contribution >= 4 is 23.2 Å². The maximum Gasteiger partial charge on any atom is 0.224 e. The van der Waals surface area contributed by atoms with Crippen LogP contribution in [0.5, 0.6) is 0 Å². The third-order valence-corrected chi connectivity index (χ3v) is 5.91. The van der Waals surface area contributed by atoms with Gasteiger partial charge in [0, 0.05) is 18.0 Å². The molecule has 1 amide bonds. The van der Waals surface area contributed by atoms with Crippen LogP contribution in [0.15, 0.2) is 18.2 Å². The van der Waals surface area contributed by atoms with E-state index in [2.05, 4.69) is 33.1 Å². The molecule has 4 rings (SSSR count). The lowest BCUT2D eigenvalue weighted by Gasteiger charge is -2.27. The van der Waals surface area contributed by atoms with Gasteiger partial charge in [0.15, 0.2) is 5.82 Å². The Morgan fingerprint density at radius 2 is 2.11 bits per heavy atom. The van der Waals surface area contributed by atoms with Crippen LogP contribution in [0.3, 0.4) is 0 Å². The summed E-state index contributed by atoms with van der Waals surface area (Å²) in [4.78, 5) is 12.5. The highest BCUT2D eigenvalue weighted by atomic mass is 35.5. The minimum absolute atomic E-state index is 0.0356. The first kappa shape index (κ1) is 18.4. The van der Waals surface area contributed by atoms with Gasteiger partial charge in [0.05, 0.1) is 10.7 Å². The Bertz CT molecular complexity index is 812. The minimum atomic E-state index is 0.0356. The molecule has 2 N–H and O–H groups in total. The number of anilines is 1. The second-order valence-corrected chi connectivity index (χ2v) is 8.11. The largest absolute Gasteiger partial charge is 0.326 e. The average molecular weight is 389 g/mol. The summed E-state index contributed by atoms with van der Waals surface area (Å²) < 4.78 is 1.69. The minimum Gasteiger partial charge on any atom is -0.326 e. The molecule has 7 nitrogen and oxygen atoms in total. The van der Waals surface area contributed by atoms with Gasteiger partial charge in [0.25, 0.3) is 0 Å². The molecule has 0 radical (unpaired) electrons. The first-order chi connectivity index (χ1) is 13.1. The molecule has 1 unspecified atom stereocenters. The maximum absolute atomic E-state index is 12.5. The zero-order valence-corrected chi connectivity index (χ0v) is 16.2. The van der Waals surface area contributed by atoms with Crippen LogP contribution in [0.25, 0.3) is 5.69 Å². The molecule has 0 spiro atoms. The van der Waals surface area contributed by atoms with Crippen molar-refractivity contribution in [2.75, 3.05) is 18.4 Å². The van der Waals surface area contributed by atoms with Gasteiger partial charge in [-0.1, -0.05) is 18.5 Å². The number of hydrogen-bond acceptors (Lipinski definition) is 5. The van der Waals surface area contributed by atoms with Crippen molar-refractivity contribution in [3.05, 3.63) is 29.0 Å². The van der Waals surface area contributed by atoms with Crippen LogP contribution >= 0.6 is 11.6 Å². The zero-order chi connectivity index (χ0) is 18.8. The van der Waals surface area contributed by atoms with Gasteiger partial charge in [-0.25, -0.2) is 0 Å². The number of hydrogen-bond donors (Lipinski definition) is 2. The van der Waals surface area contributed by atoms with Gasteiger partial charge in [-0.05, 0) is 79.2 Å². The molecule has 1 aliphatic heterocycles. The third kappa shape index (κ3) is 4.30. The van der Waals surface area contributed by atoms with Crippen molar-refractivity contribution in [1.82, 2.24) is 25.5 Å². The molecule has 2 aliphatic rings. The number of piperidine rings is 1. The lowest BCUT2D eigenvalue weighted by molar-refractivity contribution is -0.117. The molecular formula is C19H25ClN6O. The van der Waals surface area contributed by atoms with E-state index in [0.717, 1.165) is 44.6 Å². The van der Waals surface area contributed by atoms with E-state index in [1.807, 2.05) is 12.1 Å². The molecule has 1 aromatic carbocycles. The van der Waals surface area contributed by atoms with Crippen LogP contribution in [-0.2, 0) is 4.79 Å². The number of rotatable bonds is 6. The summed E-state index contributed by atoms with van der Waals surface area (Å²) in [6.45, 7) is 4.27. The number of halogens is 1. The summed E-state index contributed by atoms with van der Waals surface area (Å²) >= 11 is 6.37. The third-order valence-electron chi connectivity index (χ3n) is 5.59. The smallest absolute Gasteiger partial charge is 0.224 e. The molecule has 1 saturated heterocycles. The number of amides is 1. The molecule has 2 aromatic rings. The summed E-state index contributed by atoms with van der Waals surface area (Å²) in [5.41, 5.74) is 1.42. The van der Waals surface area contributed by atoms with E-state index < -0.39 is 0 Å². The Labute approximate surface area is 163 Å². The predicted octanol–water partition coefficient (Wildman–Crippen LogP) is 3.16. The van der Waals surface area contributed by atoms with Gasteiger partial charge in [0.1, 0.15) is 0 Å². The number of nitrogens with one attached hydrogen (secondary N) is 2. The normalized spacial score (nSPS) is 19.0. The van der Waals surface area contributed by atoms with E-state index in [9.17, 15) is 4.79 Å². The van der Waals surface area contributed by atoms with Crippen LogP contribution in [0, 0.1) is 11.8 Å². The number of nitrogens with zero attached hydrogens (tertiary/aromatic N) is 4. The molecular weight excluding hydrogens is 364 g/mol. The lowest BCUT2D eigenvalue weighted by atomic mass is 9.84. The molecule has 27 heavy (non-hydrogen) atoms. The fourth-order valence-corrected chi connectivity index (χ4v) is 4.00. The standard InChI is InChI=1S/C19H25ClN6O/c1-12(13-6-8-21-9-7-13)10-18(27)22-15-4-5-16(20)17(11-15)26-19(14-2-3-14)23-24-25-26/h4-5,11-14,21H,2-3,6-10H2,1H3,(H,22,27). The van der Waals surface area contributed by atoms with Crippen molar-refractivity contribution in [2.24, 2.45) is 11.8 Å². The molecule has 2 fully saturated rings. The lowest BCUT2D eigenvalue weighted by Crippen LogP contribution is -2.32. The fraction of sp³-hybridized carbons (Fsp3) is 0.579. The Kier molecular flexibility index (Phi) is 5.41. The Hall–Kier alpha value is -1.99. The van der Waals surface area contributed by atoms with Crippen molar-refractivity contribution in [3.8, 4) is 5.69 Å². The first-order valence-electron chi connectivity index (χ1n) is 9.70. The summed E-state index contributed by atoms with van der Waals surface area (Å²) in [5, 5.41) is 19.0. The number of carbonyl (C=O) groups is 1. The van der Waals surface area contributed by atoms with Gasteiger partial charge in [-0.3, -0.25) is 4.79 Å². The van der Waals surface area contributed by atoms with Gasteiger partial charge < -0.3 is 10.6 Å². The van der Waals surface area contributed by atoms with E-state index in [1.165, 1.54) is 0 Å². The van der Waals surface area contributed by atoms with Crippen LogP contribution in [0.1, 0.15) is 50.8 Å². The van der Waals surface area contributed by atoms with Crippen molar-refractivity contribution in [1.29, 1.82) is 0 Å². The molecule has 2 heterocycles. The number of aromatic nitrogens is 4. The number of benzene rings is 1. The van der Waals surface area contributed by atoms with Crippen LogP contribution in [0.2, 0.25) is 5.02 Å². The molecule has 1 aliphatic carbocycles. The van der Waals surface area contributed by atoms with Gasteiger partial charge >= 0.3 is 0 Å². The Morgan fingerprint density at radius 3 is 2.85 bits per heavy atom. The van der Waals surface area contributed by atoms with Gasteiger partial charge in [-0.2, -0.15) is 4.68 Å². The summed E-state index contributed by atoms with van der Waals surface area (Å²) in [6, 6.07) is 5.44. The Balaban J connectivity index is 1.44. The first-order valence-corrected chi connectivity index (χ1v) is 10.1. The summed E-state index contributed by atoms with van der Waals surface area (Å²) in [6.07, 6.45) is 5.01. The van der Waals surface area contributed by atoms with Crippen molar-refractivity contribution in [2.45, 2.75) is 44.9 Å². The molecule has 1 aromatic heterocycles. The zero-order valence-electron chi connectivity index (χ0n) is 15.5. The van der Waals surface area contributed by atoms with E-state index in [-0.39, 0.29) is 5.91 Å². The number of carbonyl (C=O) groups excluding carboxylic acids is 1. The van der Waals surface area contributed by atoms with E-state index >= 15 is 0 Å². The van der Waals surface area contributed by atoms with Crippen LogP contribution < -0.4 is 10.6 Å². The van der Waals surface area contributed by atoms with Crippen molar-refractivity contribution in [3.63, 3.8) is 0 Å². The summed E-state index contributed by atoms with van der Waals surface area (Å²) in [5.74, 6) is 2.26. The number of tetrazole rings is 1. The SMILES string of the molecule is CC(CC(=O)Nc1ccc(Cl)c(-n2nnnc2C2CC2)c1)C1CCNCC1. The van der Waals surface area contributed by atoms with Crippen molar-refractivity contribution < 1.29 is 4.79 Å². The second-order valence-electron chi connectivity index (χ2n) is 7.71. The molecule has 144 valence electrons. The van der Waals surface area contributed by atoms with Gasteiger partial charge in [0.2, 0.25) is 5.91 Å². The maximum atomic E-state index is 12.5. The van der Waals surface area contributed by atoms with Crippen LogP contribution in [0.4, 0.5) is 5.69 Å². The quantitative estimate of drug-likeness (QED) is 0.794. The topological polar surface area (TPSA) is 84.7 Å². The van der Waals surface area contributed by atoms with Gasteiger partial charge in [-0.15, -0.1) is 5.10 Å².